The summed E-state index contributed by atoms with van der Waals surface area (Å²) in [5, 5.41) is 20.2. The predicted molar refractivity (Wildman–Crippen MR) is 82.0 cm³/mol. The van der Waals surface area contributed by atoms with E-state index in [0.29, 0.717) is 17.8 Å². The predicted octanol–water partition coefficient (Wildman–Crippen LogP) is 3.53. The van der Waals surface area contributed by atoms with Crippen LogP contribution in [0.2, 0.25) is 0 Å². The Bertz CT molecular complexity index is 763. The van der Waals surface area contributed by atoms with Crippen molar-refractivity contribution in [1.82, 2.24) is 4.98 Å². The number of nitro benzene ring substituents is 1. The number of nitrogens with zero attached hydrogens (tertiary/aromatic N) is 3. The zero-order valence-electron chi connectivity index (χ0n) is 11.1. The maximum Gasteiger partial charge on any atom is 0.413 e. The minimum Gasteiger partial charge on any atom is -0.465 e. The molecule has 1 amide bonds. The normalized spacial score (nSPS) is 16.4. The van der Waals surface area contributed by atoms with Gasteiger partial charge in [0.05, 0.1) is 11.0 Å². The largest absolute Gasteiger partial charge is 0.465 e. The van der Waals surface area contributed by atoms with Crippen LogP contribution in [0.15, 0.2) is 41.0 Å². The van der Waals surface area contributed by atoms with Crippen LogP contribution in [0.25, 0.3) is 0 Å². The smallest absolute Gasteiger partial charge is 0.413 e. The number of carboxylic acid groups (broad SMARTS) is 1. The Labute approximate surface area is 133 Å². The van der Waals surface area contributed by atoms with E-state index in [9.17, 15) is 20.0 Å². The van der Waals surface area contributed by atoms with Gasteiger partial charge in [0.25, 0.3) is 5.69 Å². The lowest BCUT2D eigenvalue weighted by Crippen LogP contribution is -2.31. The molecule has 1 aromatic heterocycles. The zero-order chi connectivity index (χ0) is 15.9. The number of amides is 1. The maximum atomic E-state index is 11.6. The van der Waals surface area contributed by atoms with E-state index in [-0.39, 0.29) is 5.69 Å². The van der Waals surface area contributed by atoms with Crippen molar-refractivity contribution in [3.05, 3.63) is 62.2 Å². The summed E-state index contributed by atoms with van der Waals surface area (Å²) < 4.78 is 0.779. The third kappa shape index (κ3) is 2.41. The van der Waals surface area contributed by atoms with Gasteiger partial charge in [-0.2, -0.15) is 0 Å². The molecule has 1 unspecified atom stereocenters. The fraction of sp³-hybridized carbons (Fsp3) is 0.143. The molecule has 2 heterocycles. The third-order valence-electron chi connectivity index (χ3n) is 3.56. The number of benzene rings is 1. The number of hydrogen-bond acceptors (Lipinski definition) is 4. The first-order valence-electron chi connectivity index (χ1n) is 6.38. The number of halogens is 1. The molecular weight excluding hydrogens is 354 g/mol. The summed E-state index contributed by atoms with van der Waals surface area (Å²) >= 11 is 3.32. The molecule has 3 rings (SSSR count). The highest BCUT2D eigenvalue weighted by molar-refractivity contribution is 9.10. The van der Waals surface area contributed by atoms with Gasteiger partial charge in [0, 0.05) is 29.2 Å². The number of fused-ring (bicyclic) bond motifs is 1. The average Bonchev–Trinajstić information content (AvgIpc) is 2.85. The molecule has 8 heteroatoms. The Morgan fingerprint density at radius 2 is 2.09 bits per heavy atom. The number of carbonyl (C=O) groups is 1. The highest BCUT2D eigenvalue weighted by Crippen LogP contribution is 2.40. The molecule has 112 valence electrons. The Morgan fingerprint density at radius 1 is 1.41 bits per heavy atom. The number of non-ortho nitro benzene ring substituents is 1. The maximum absolute atomic E-state index is 11.6. The molecule has 22 heavy (non-hydrogen) atoms. The van der Waals surface area contributed by atoms with Crippen molar-refractivity contribution in [3.8, 4) is 0 Å². The SMILES string of the molecule is O=C(O)N1c2ncc(Br)cc2CC1c1ccc([N+](=O)[O-])cc1. The van der Waals surface area contributed by atoms with Crippen molar-refractivity contribution >= 4 is 33.5 Å². The minimum atomic E-state index is -1.10. The Hall–Kier alpha value is -2.48. The minimum absolute atomic E-state index is 0.0259. The van der Waals surface area contributed by atoms with Crippen LogP contribution in [0.3, 0.4) is 0 Å². The van der Waals surface area contributed by atoms with Crippen molar-refractivity contribution in [2.75, 3.05) is 4.90 Å². The van der Waals surface area contributed by atoms with E-state index in [2.05, 4.69) is 20.9 Å². The van der Waals surface area contributed by atoms with Gasteiger partial charge >= 0.3 is 6.09 Å². The summed E-state index contributed by atoms with van der Waals surface area (Å²) in [5.41, 5.74) is 1.49. The second-order valence-electron chi connectivity index (χ2n) is 4.86. The number of aromatic nitrogens is 1. The molecule has 0 fully saturated rings. The molecule has 0 saturated carbocycles. The van der Waals surface area contributed by atoms with Crippen LogP contribution in [-0.2, 0) is 6.42 Å². The summed E-state index contributed by atoms with van der Waals surface area (Å²) in [5.74, 6) is 0.402. The Kier molecular flexibility index (Phi) is 3.53. The highest BCUT2D eigenvalue weighted by Gasteiger charge is 2.36. The van der Waals surface area contributed by atoms with Crippen molar-refractivity contribution in [3.63, 3.8) is 0 Å². The lowest BCUT2D eigenvalue weighted by Gasteiger charge is -2.21. The van der Waals surface area contributed by atoms with Gasteiger partial charge in [0.2, 0.25) is 0 Å². The first-order valence-corrected chi connectivity index (χ1v) is 7.17. The zero-order valence-corrected chi connectivity index (χ0v) is 12.7. The Morgan fingerprint density at radius 3 is 2.68 bits per heavy atom. The fourth-order valence-electron chi connectivity index (χ4n) is 2.60. The van der Waals surface area contributed by atoms with E-state index in [1.165, 1.54) is 17.0 Å². The quantitative estimate of drug-likeness (QED) is 0.650. The first kappa shape index (κ1) is 14.5. The van der Waals surface area contributed by atoms with Crippen LogP contribution in [0.1, 0.15) is 17.2 Å². The molecular formula is C14H10BrN3O4. The molecule has 1 atom stereocenters. The molecule has 0 aliphatic carbocycles. The van der Waals surface area contributed by atoms with E-state index < -0.39 is 17.1 Å². The van der Waals surface area contributed by atoms with Gasteiger partial charge in [-0.25, -0.2) is 9.78 Å². The highest BCUT2D eigenvalue weighted by atomic mass is 79.9. The molecule has 0 radical (unpaired) electrons. The first-order chi connectivity index (χ1) is 10.5. The number of anilines is 1. The summed E-state index contributed by atoms with van der Waals surface area (Å²) in [6, 6.07) is 7.32. The van der Waals surface area contributed by atoms with Crippen LogP contribution in [-0.4, -0.2) is 21.1 Å². The number of hydrogen-bond donors (Lipinski definition) is 1. The topological polar surface area (TPSA) is 96.6 Å². The standard InChI is InChI=1S/C14H10BrN3O4/c15-10-5-9-6-12(17(14(19)20)13(9)16-7-10)8-1-3-11(4-2-8)18(21)22/h1-5,7,12H,6H2,(H,19,20). The average molecular weight is 364 g/mol. The van der Waals surface area contributed by atoms with Crippen molar-refractivity contribution < 1.29 is 14.8 Å². The van der Waals surface area contributed by atoms with E-state index in [1.807, 2.05) is 6.07 Å². The van der Waals surface area contributed by atoms with Crippen molar-refractivity contribution in [1.29, 1.82) is 0 Å². The van der Waals surface area contributed by atoms with Crippen molar-refractivity contribution in [2.45, 2.75) is 12.5 Å². The van der Waals surface area contributed by atoms with Gasteiger partial charge in [-0.05, 0) is 33.1 Å². The molecule has 1 aliphatic rings. The second kappa shape index (κ2) is 5.38. The molecule has 1 N–H and O–H groups in total. The lowest BCUT2D eigenvalue weighted by molar-refractivity contribution is -0.384. The van der Waals surface area contributed by atoms with Gasteiger partial charge in [-0.3, -0.25) is 15.0 Å². The van der Waals surface area contributed by atoms with Crippen LogP contribution in [0.5, 0.6) is 0 Å². The molecule has 1 aliphatic heterocycles. The molecule has 2 aromatic rings. The van der Waals surface area contributed by atoms with Gasteiger partial charge < -0.3 is 5.11 Å². The molecule has 0 bridgehead atoms. The number of rotatable bonds is 2. The van der Waals surface area contributed by atoms with E-state index in [1.54, 1.807) is 18.3 Å². The van der Waals surface area contributed by atoms with Gasteiger partial charge in [-0.1, -0.05) is 12.1 Å². The summed E-state index contributed by atoms with van der Waals surface area (Å²) in [6.45, 7) is 0. The summed E-state index contributed by atoms with van der Waals surface area (Å²) in [6.07, 6.45) is 0.927. The number of nitro groups is 1. The van der Waals surface area contributed by atoms with Gasteiger partial charge in [0.15, 0.2) is 0 Å². The van der Waals surface area contributed by atoms with E-state index in [4.69, 9.17) is 0 Å². The van der Waals surface area contributed by atoms with E-state index >= 15 is 0 Å². The molecule has 0 saturated heterocycles. The van der Waals surface area contributed by atoms with Crippen LogP contribution >= 0.6 is 15.9 Å². The molecule has 0 spiro atoms. The molecule has 7 nitrogen and oxygen atoms in total. The van der Waals surface area contributed by atoms with Gasteiger partial charge in [-0.15, -0.1) is 0 Å². The molecule has 1 aromatic carbocycles. The van der Waals surface area contributed by atoms with Crippen LogP contribution in [0.4, 0.5) is 16.3 Å². The van der Waals surface area contributed by atoms with Crippen LogP contribution < -0.4 is 4.90 Å². The summed E-state index contributed by atoms with van der Waals surface area (Å²) in [7, 11) is 0. The summed E-state index contributed by atoms with van der Waals surface area (Å²) in [4.78, 5) is 27.2. The monoisotopic (exact) mass is 363 g/mol. The lowest BCUT2D eigenvalue weighted by atomic mass is 10.0. The third-order valence-corrected chi connectivity index (χ3v) is 3.99. The van der Waals surface area contributed by atoms with Crippen molar-refractivity contribution in [2.24, 2.45) is 0 Å². The fourth-order valence-corrected chi connectivity index (χ4v) is 2.98. The number of pyridine rings is 1. The van der Waals surface area contributed by atoms with Crippen LogP contribution in [0, 0.1) is 10.1 Å². The second-order valence-corrected chi connectivity index (χ2v) is 5.77. The van der Waals surface area contributed by atoms with E-state index in [0.717, 1.165) is 10.0 Å². The Balaban J connectivity index is 2.00. The van der Waals surface area contributed by atoms with Gasteiger partial charge in [0.1, 0.15) is 5.82 Å².